The molecule has 0 spiro atoms. The van der Waals surface area contributed by atoms with E-state index in [9.17, 15) is 9.90 Å². The standard InChI is InChI=1S/C14H19NO2S/c1-10(16)12-4-6-13(7-5-12)18-9-14(17)15-8-11-2-3-11/h4-7,10-11,16H,2-3,8-9H2,1H3,(H,15,17). The van der Waals surface area contributed by atoms with Crippen LogP contribution in [0.1, 0.15) is 31.4 Å². The van der Waals surface area contributed by atoms with Crippen LogP contribution in [0, 0.1) is 5.92 Å². The molecule has 98 valence electrons. The van der Waals surface area contributed by atoms with Gasteiger partial charge in [-0.2, -0.15) is 0 Å². The van der Waals surface area contributed by atoms with Crippen LogP contribution >= 0.6 is 11.8 Å². The summed E-state index contributed by atoms with van der Waals surface area (Å²) in [6.07, 6.45) is 2.08. The Bertz CT molecular complexity index is 399. The molecular formula is C14H19NO2S. The number of rotatable bonds is 6. The maximum atomic E-state index is 11.6. The number of carbonyl (C=O) groups excluding carboxylic acids is 1. The number of nitrogens with one attached hydrogen (secondary N) is 1. The second-order valence-electron chi connectivity index (χ2n) is 4.78. The van der Waals surface area contributed by atoms with E-state index in [1.807, 2.05) is 24.3 Å². The predicted octanol–water partition coefficient (Wildman–Crippen LogP) is 2.36. The van der Waals surface area contributed by atoms with E-state index in [-0.39, 0.29) is 5.91 Å². The molecule has 0 bridgehead atoms. The molecule has 18 heavy (non-hydrogen) atoms. The van der Waals surface area contributed by atoms with E-state index in [0.29, 0.717) is 5.75 Å². The molecule has 1 fully saturated rings. The van der Waals surface area contributed by atoms with E-state index in [1.54, 1.807) is 6.92 Å². The molecule has 1 saturated carbocycles. The Morgan fingerprint density at radius 2 is 2.11 bits per heavy atom. The summed E-state index contributed by atoms with van der Waals surface area (Å²) in [7, 11) is 0. The van der Waals surface area contributed by atoms with Crippen LogP contribution in [0.5, 0.6) is 0 Å². The highest BCUT2D eigenvalue weighted by atomic mass is 32.2. The van der Waals surface area contributed by atoms with Crippen LogP contribution in [0.2, 0.25) is 0 Å². The number of hydrogen-bond donors (Lipinski definition) is 2. The molecule has 0 aliphatic heterocycles. The van der Waals surface area contributed by atoms with Crippen molar-refractivity contribution in [2.24, 2.45) is 5.92 Å². The minimum atomic E-state index is -0.439. The second-order valence-corrected chi connectivity index (χ2v) is 5.83. The van der Waals surface area contributed by atoms with Crippen LogP contribution in [0.3, 0.4) is 0 Å². The number of aliphatic hydroxyl groups is 1. The Balaban J connectivity index is 1.73. The molecule has 1 atom stereocenters. The third kappa shape index (κ3) is 4.35. The first-order chi connectivity index (χ1) is 8.65. The Kier molecular flexibility index (Phi) is 4.66. The predicted molar refractivity (Wildman–Crippen MR) is 73.5 cm³/mol. The first-order valence-electron chi connectivity index (χ1n) is 6.32. The minimum absolute atomic E-state index is 0.103. The molecule has 2 rings (SSSR count). The smallest absolute Gasteiger partial charge is 0.230 e. The van der Waals surface area contributed by atoms with Gasteiger partial charge in [0.05, 0.1) is 11.9 Å². The largest absolute Gasteiger partial charge is 0.389 e. The lowest BCUT2D eigenvalue weighted by Crippen LogP contribution is -2.27. The van der Waals surface area contributed by atoms with Gasteiger partial charge in [-0.3, -0.25) is 4.79 Å². The Labute approximate surface area is 112 Å². The van der Waals surface area contributed by atoms with Gasteiger partial charge in [0, 0.05) is 11.4 Å². The molecule has 1 aliphatic carbocycles. The van der Waals surface area contributed by atoms with Crippen molar-refractivity contribution in [3.63, 3.8) is 0 Å². The summed E-state index contributed by atoms with van der Waals surface area (Å²) in [6, 6.07) is 7.69. The van der Waals surface area contributed by atoms with Gasteiger partial charge in [0.15, 0.2) is 0 Å². The third-order valence-electron chi connectivity index (χ3n) is 3.02. The van der Waals surface area contributed by atoms with Gasteiger partial charge in [-0.25, -0.2) is 0 Å². The highest BCUT2D eigenvalue weighted by Gasteiger charge is 2.21. The van der Waals surface area contributed by atoms with Gasteiger partial charge in [-0.1, -0.05) is 12.1 Å². The summed E-state index contributed by atoms with van der Waals surface area (Å²) in [5.41, 5.74) is 0.900. The highest BCUT2D eigenvalue weighted by molar-refractivity contribution is 8.00. The number of benzene rings is 1. The lowest BCUT2D eigenvalue weighted by Gasteiger charge is -2.06. The third-order valence-corrected chi connectivity index (χ3v) is 4.03. The highest BCUT2D eigenvalue weighted by Crippen LogP contribution is 2.27. The minimum Gasteiger partial charge on any atom is -0.389 e. The summed E-state index contributed by atoms with van der Waals surface area (Å²) in [6.45, 7) is 2.58. The van der Waals surface area contributed by atoms with Crippen molar-refractivity contribution in [3.8, 4) is 0 Å². The molecule has 1 aromatic rings. The Morgan fingerprint density at radius 1 is 1.44 bits per heavy atom. The van der Waals surface area contributed by atoms with Crippen LogP contribution in [-0.2, 0) is 4.79 Å². The quantitative estimate of drug-likeness (QED) is 0.776. The maximum Gasteiger partial charge on any atom is 0.230 e. The van der Waals surface area contributed by atoms with Gasteiger partial charge in [0.2, 0.25) is 5.91 Å². The van der Waals surface area contributed by atoms with E-state index in [2.05, 4.69) is 5.32 Å². The van der Waals surface area contributed by atoms with Crippen molar-refractivity contribution in [2.75, 3.05) is 12.3 Å². The van der Waals surface area contributed by atoms with Gasteiger partial charge in [-0.15, -0.1) is 11.8 Å². The van der Waals surface area contributed by atoms with Gasteiger partial charge < -0.3 is 10.4 Å². The lowest BCUT2D eigenvalue weighted by molar-refractivity contribution is -0.118. The second kappa shape index (κ2) is 6.25. The fraction of sp³-hybridized carbons (Fsp3) is 0.500. The first-order valence-corrected chi connectivity index (χ1v) is 7.31. The SMILES string of the molecule is CC(O)c1ccc(SCC(=O)NCC2CC2)cc1. The molecule has 1 aliphatic rings. The number of hydrogen-bond acceptors (Lipinski definition) is 3. The Morgan fingerprint density at radius 3 is 2.67 bits per heavy atom. The average Bonchev–Trinajstić information content (AvgIpc) is 3.18. The fourth-order valence-electron chi connectivity index (χ4n) is 1.62. The van der Waals surface area contributed by atoms with Gasteiger partial charge >= 0.3 is 0 Å². The fourth-order valence-corrected chi connectivity index (χ4v) is 2.35. The average molecular weight is 265 g/mol. The zero-order chi connectivity index (χ0) is 13.0. The Hall–Kier alpha value is -1.00. The maximum absolute atomic E-state index is 11.6. The zero-order valence-corrected chi connectivity index (χ0v) is 11.4. The van der Waals surface area contributed by atoms with Crippen molar-refractivity contribution in [2.45, 2.75) is 30.8 Å². The van der Waals surface area contributed by atoms with Gasteiger partial charge in [0.25, 0.3) is 0 Å². The molecule has 3 nitrogen and oxygen atoms in total. The zero-order valence-electron chi connectivity index (χ0n) is 10.6. The van der Waals surface area contributed by atoms with Gasteiger partial charge in [0.1, 0.15) is 0 Å². The number of carbonyl (C=O) groups is 1. The number of thioether (sulfide) groups is 1. The summed E-state index contributed by atoms with van der Waals surface area (Å²) < 4.78 is 0. The molecule has 1 aromatic carbocycles. The number of amides is 1. The van der Waals surface area contributed by atoms with Crippen LogP contribution in [-0.4, -0.2) is 23.3 Å². The van der Waals surface area contributed by atoms with Crippen LogP contribution < -0.4 is 5.32 Å². The summed E-state index contributed by atoms with van der Waals surface area (Å²) in [4.78, 5) is 12.6. The van der Waals surface area contributed by atoms with Crippen molar-refractivity contribution >= 4 is 17.7 Å². The van der Waals surface area contributed by atoms with Crippen molar-refractivity contribution in [3.05, 3.63) is 29.8 Å². The molecule has 2 N–H and O–H groups in total. The molecule has 0 radical (unpaired) electrons. The molecule has 0 aromatic heterocycles. The van der Waals surface area contributed by atoms with E-state index in [1.165, 1.54) is 24.6 Å². The van der Waals surface area contributed by atoms with Gasteiger partial charge in [-0.05, 0) is 43.4 Å². The molecule has 1 amide bonds. The van der Waals surface area contributed by atoms with Crippen molar-refractivity contribution in [1.82, 2.24) is 5.32 Å². The van der Waals surface area contributed by atoms with Crippen LogP contribution in [0.15, 0.2) is 29.2 Å². The van der Waals surface area contributed by atoms with E-state index >= 15 is 0 Å². The van der Waals surface area contributed by atoms with E-state index in [0.717, 1.165) is 22.9 Å². The van der Waals surface area contributed by atoms with Crippen LogP contribution in [0.25, 0.3) is 0 Å². The topological polar surface area (TPSA) is 49.3 Å². The molecule has 1 unspecified atom stereocenters. The van der Waals surface area contributed by atoms with Crippen molar-refractivity contribution in [1.29, 1.82) is 0 Å². The molecular weight excluding hydrogens is 246 g/mol. The monoisotopic (exact) mass is 265 g/mol. The molecule has 0 saturated heterocycles. The summed E-state index contributed by atoms with van der Waals surface area (Å²) >= 11 is 1.53. The van der Waals surface area contributed by atoms with Crippen molar-refractivity contribution < 1.29 is 9.90 Å². The van der Waals surface area contributed by atoms with E-state index in [4.69, 9.17) is 0 Å². The lowest BCUT2D eigenvalue weighted by atomic mass is 10.1. The number of aliphatic hydroxyl groups excluding tert-OH is 1. The molecule has 4 heteroatoms. The molecule has 0 heterocycles. The normalized spacial score (nSPS) is 16.3. The summed E-state index contributed by atoms with van der Waals surface area (Å²) in [5, 5.41) is 12.3. The van der Waals surface area contributed by atoms with E-state index < -0.39 is 6.10 Å². The van der Waals surface area contributed by atoms with Crippen LogP contribution in [0.4, 0.5) is 0 Å². The summed E-state index contributed by atoms with van der Waals surface area (Å²) in [5.74, 6) is 1.29. The first kappa shape index (κ1) is 13.4.